The number of fused-ring (bicyclic) bond motifs is 1. The van der Waals surface area contributed by atoms with Gasteiger partial charge in [-0.15, -0.1) is 0 Å². The fraction of sp³-hybridized carbons (Fsp3) is 0.350. The second-order valence-corrected chi connectivity index (χ2v) is 6.92. The summed E-state index contributed by atoms with van der Waals surface area (Å²) in [6, 6.07) is 15.9. The number of aliphatic hydroxyl groups is 1. The predicted molar refractivity (Wildman–Crippen MR) is 95.9 cm³/mol. The lowest BCUT2D eigenvalue weighted by atomic mass is 9.85. The maximum Gasteiger partial charge on any atom is 0.234 e. The normalized spacial score (nSPS) is 17.9. The van der Waals surface area contributed by atoms with Crippen LogP contribution >= 0.6 is 0 Å². The zero-order chi connectivity index (χ0) is 17.3. The van der Waals surface area contributed by atoms with E-state index < -0.39 is 5.41 Å². The summed E-state index contributed by atoms with van der Waals surface area (Å²) in [5.41, 5.74) is 3.57. The van der Waals surface area contributed by atoms with E-state index in [2.05, 4.69) is 23.6 Å². The highest BCUT2D eigenvalue weighted by Gasteiger charge is 2.38. The Morgan fingerprint density at radius 2 is 1.83 bits per heavy atom. The van der Waals surface area contributed by atoms with Crippen molar-refractivity contribution in [3.05, 3.63) is 65.2 Å². The maximum absolute atomic E-state index is 12.1. The van der Waals surface area contributed by atoms with Gasteiger partial charge >= 0.3 is 0 Å². The average molecular weight is 324 g/mol. The minimum Gasteiger partial charge on any atom is -0.394 e. The van der Waals surface area contributed by atoms with E-state index in [9.17, 15) is 9.90 Å². The standard InChI is InChI=1S/C20H24N2O2/c1-13(21-18(12-23)14-7-5-4-6-8-14)15-9-10-17-16(11-15)20(2,3)19(24)22-17/h4-11,13,18,21,23H,12H2,1-3H3,(H,22,24)/t13?,18-/m1/s1. The van der Waals surface area contributed by atoms with Gasteiger partial charge in [0.15, 0.2) is 0 Å². The number of hydrogen-bond donors (Lipinski definition) is 3. The monoisotopic (exact) mass is 324 g/mol. The summed E-state index contributed by atoms with van der Waals surface area (Å²) in [6.45, 7) is 5.99. The second-order valence-electron chi connectivity index (χ2n) is 6.92. The lowest BCUT2D eigenvalue weighted by Gasteiger charge is -2.24. The number of benzene rings is 2. The lowest BCUT2D eigenvalue weighted by Crippen LogP contribution is -2.28. The average Bonchev–Trinajstić information content (AvgIpc) is 2.82. The van der Waals surface area contributed by atoms with Crippen molar-refractivity contribution in [3.8, 4) is 0 Å². The number of hydrogen-bond acceptors (Lipinski definition) is 3. The van der Waals surface area contributed by atoms with Gasteiger partial charge in [-0.05, 0) is 43.5 Å². The SMILES string of the molecule is CC(N[C@H](CO)c1ccccc1)c1ccc2c(c1)C(C)(C)C(=O)N2. The molecule has 0 spiro atoms. The number of carbonyl (C=O) groups excluding carboxylic acids is 1. The fourth-order valence-electron chi connectivity index (χ4n) is 3.20. The minimum absolute atomic E-state index is 0.0326. The second kappa shape index (κ2) is 6.38. The van der Waals surface area contributed by atoms with Gasteiger partial charge in [-0.2, -0.15) is 0 Å². The van der Waals surface area contributed by atoms with Crippen molar-refractivity contribution in [3.63, 3.8) is 0 Å². The van der Waals surface area contributed by atoms with E-state index in [0.717, 1.165) is 22.4 Å². The van der Waals surface area contributed by atoms with E-state index in [1.165, 1.54) is 0 Å². The summed E-state index contributed by atoms with van der Waals surface area (Å²) >= 11 is 0. The van der Waals surface area contributed by atoms with Crippen molar-refractivity contribution in [1.82, 2.24) is 5.32 Å². The van der Waals surface area contributed by atoms with Crippen molar-refractivity contribution in [2.24, 2.45) is 0 Å². The number of nitrogens with one attached hydrogen (secondary N) is 2. The van der Waals surface area contributed by atoms with Crippen molar-refractivity contribution in [2.75, 3.05) is 11.9 Å². The van der Waals surface area contributed by atoms with Crippen LogP contribution in [0.4, 0.5) is 5.69 Å². The molecule has 1 heterocycles. The molecule has 0 fully saturated rings. The first-order valence-corrected chi connectivity index (χ1v) is 8.31. The molecule has 1 unspecified atom stereocenters. The summed E-state index contributed by atoms with van der Waals surface area (Å²) in [5.74, 6) is 0.0350. The molecule has 2 aromatic carbocycles. The number of carbonyl (C=O) groups is 1. The van der Waals surface area contributed by atoms with Gasteiger partial charge < -0.3 is 15.7 Å². The Morgan fingerprint density at radius 1 is 1.12 bits per heavy atom. The Balaban J connectivity index is 1.83. The first kappa shape index (κ1) is 16.7. The third-order valence-electron chi connectivity index (χ3n) is 4.87. The Hall–Kier alpha value is -2.17. The lowest BCUT2D eigenvalue weighted by molar-refractivity contribution is -0.119. The molecule has 1 aliphatic heterocycles. The number of amides is 1. The third kappa shape index (κ3) is 2.95. The molecule has 0 radical (unpaired) electrons. The van der Waals surface area contributed by atoms with Crippen LogP contribution in [0.3, 0.4) is 0 Å². The van der Waals surface area contributed by atoms with Gasteiger partial charge in [0.1, 0.15) is 0 Å². The van der Waals surface area contributed by atoms with Crippen LogP contribution < -0.4 is 10.6 Å². The summed E-state index contributed by atoms with van der Waals surface area (Å²) in [5, 5.41) is 16.1. The molecular weight excluding hydrogens is 300 g/mol. The number of aliphatic hydroxyl groups excluding tert-OH is 1. The Kier molecular flexibility index (Phi) is 4.43. The van der Waals surface area contributed by atoms with Crippen molar-refractivity contribution < 1.29 is 9.90 Å². The summed E-state index contributed by atoms with van der Waals surface area (Å²) in [6.07, 6.45) is 0. The van der Waals surface area contributed by atoms with E-state index in [4.69, 9.17) is 0 Å². The Labute approximate surface area is 142 Å². The van der Waals surface area contributed by atoms with Gasteiger partial charge in [-0.1, -0.05) is 42.5 Å². The molecular formula is C20H24N2O2. The van der Waals surface area contributed by atoms with Gasteiger partial charge in [0.25, 0.3) is 0 Å². The molecule has 0 saturated heterocycles. The first-order chi connectivity index (χ1) is 11.4. The summed E-state index contributed by atoms with van der Waals surface area (Å²) < 4.78 is 0. The third-order valence-corrected chi connectivity index (χ3v) is 4.87. The zero-order valence-corrected chi connectivity index (χ0v) is 14.3. The van der Waals surface area contributed by atoms with Crippen LogP contribution in [0.1, 0.15) is 49.5 Å². The topological polar surface area (TPSA) is 61.4 Å². The zero-order valence-electron chi connectivity index (χ0n) is 14.3. The Bertz CT molecular complexity index is 741. The highest BCUT2D eigenvalue weighted by Crippen LogP contribution is 2.38. The largest absolute Gasteiger partial charge is 0.394 e. The molecule has 4 nitrogen and oxygen atoms in total. The van der Waals surface area contributed by atoms with Crippen LogP contribution in [0.25, 0.3) is 0 Å². The van der Waals surface area contributed by atoms with Gasteiger partial charge in [0, 0.05) is 11.7 Å². The molecule has 0 aromatic heterocycles. The van der Waals surface area contributed by atoms with E-state index in [1.54, 1.807) is 0 Å². The fourth-order valence-corrected chi connectivity index (χ4v) is 3.20. The van der Waals surface area contributed by atoms with Crippen LogP contribution in [0.5, 0.6) is 0 Å². The maximum atomic E-state index is 12.1. The van der Waals surface area contributed by atoms with Crippen LogP contribution in [0.2, 0.25) is 0 Å². The van der Waals surface area contributed by atoms with Crippen LogP contribution in [0, 0.1) is 0 Å². The smallest absolute Gasteiger partial charge is 0.234 e. The molecule has 2 atom stereocenters. The summed E-state index contributed by atoms with van der Waals surface area (Å²) in [7, 11) is 0. The molecule has 0 saturated carbocycles. The van der Waals surface area contributed by atoms with Crippen LogP contribution in [-0.2, 0) is 10.2 Å². The van der Waals surface area contributed by atoms with Gasteiger partial charge in [0.2, 0.25) is 5.91 Å². The van der Waals surface area contributed by atoms with Crippen molar-refractivity contribution >= 4 is 11.6 Å². The van der Waals surface area contributed by atoms with Crippen molar-refractivity contribution in [1.29, 1.82) is 0 Å². The van der Waals surface area contributed by atoms with E-state index in [0.29, 0.717) is 0 Å². The molecule has 1 amide bonds. The summed E-state index contributed by atoms with van der Waals surface area (Å²) in [4.78, 5) is 12.1. The highest BCUT2D eigenvalue weighted by molar-refractivity contribution is 6.05. The van der Waals surface area contributed by atoms with E-state index >= 15 is 0 Å². The molecule has 2 aromatic rings. The number of rotatable bonds is 5. The van der Waals surface area contributed by atoms with Crippen LogP contribution in [0.15, 0.2) is 48.5 Å². The minimum atomic E-state index is -0.513. The van der Waals surface area contributed by atoms with E-state index in [1.807, 2.05) is 56.3 Å². The first-order valence-electron chi connectivity index (χ1n) is 8.31. The van der Waals surface area contributed by atoms with Crippen molar-refractivity contribution in [2.45, 2.75) is 38.3 Å². The van der Waals surface area contributed by atoms with Gasteiger partial charge in [0.05, 0.1) is 18.1 Å². The molecule has 0 aliphatic carbocycles. The predicted octanol–water partition coefficient (Wildman–Crippen LogP) is 3.30. The quantitative estimate of drug-likeness (QED) is 0.791. The molecule has 4 heteroatoms. The highest BCUT2D eigenvalue weighted by atomic mass is 16.3. The molecule has 3 rings (SSSR count). The van der Waals surface area contributed by atoms with E-state index in [-0.39, 0.29) is 24.6 Å². The van der Waals surface area contributed by atoms with Gasteiger partial charge in [-0.25, -0.2) is 0 Å². The number of anilines is 1. The molecule has 3 N–H and O–H groups in total. The molecule has 126 valence electrons. The molecule has 1 aliphatic rings. The molecule has 0 bridgehead atoms. The Morgan fingerprint density at radius 3 is 2.50 bits per heavy atom. The van der Waals surface area contributed by atoms with Crippen LogP contribution in [-0.4, -0.2) is 17.6 Å². The van der Waals surface area contributed by atoms with Gasteiger partial charge in [-0.3, -0.25) is 4.79 Å². The molecule has 24 heavy (non-hydrogen) atoms.